The molecule has 9 nitrogen and oxygen atoms in total. The minimum Gasteiger partial charge on any atom is -0.506 e. The van der Waals surface area contributed by atoms with E-state index in [9.17, 15) is 19.8 Å². The van der Waals surface area contributed by atoms with Gasteiger partial charge >= 0.3 is 0 Å². The summed E-state index contributed by atoms with van der Waals surface area (Å²) in [6, 6.07) is 3.91. The van der Waals surface area contributed by atoms with Crippen molar-refractivity contribution in [2.75, 3.05) is 13.1 Å². The molecule has 0 saturated carbocycles. The van der Waals surface area contributed by atoms with Crippen LogP contribution in [0.1, 0.15) is 35.8 Å². The average Bonchev–Trinajstić information content (AvgIpc) is 3.17. The first-order valence-electron chi connectivity index (χ1n) is 10.3. The molecule has 1 fully saturated rings. The van der Waals surface area contributed by atoms with Crippen LogP contribution in [0.5, 0.6) is 5.75 Å². The molecule has 1 saturated heterocycles. The van der Waals surface area contributed by atoms with Gasteiger partial charge < -0.3 is 25.4 Å². The molecule has 0 aromatic carbocycles. The summed E-state index contributed by atoms with van der Waals surface area (Å²) in [5, 5.41) is 23.6. The molecule has 1 aliphatic rings. The zero-order valence-electron chi connectivity index (χ0n) is 17.5. The number of pyridine rings is 2. The summed E-state index contributed by atoms with van der Waals surface area (Å²) < 4.78 is 0. The Morgan fingerprint density at radius 1 is 1.31 bits per heavy atom. The van der Waals surface area contributed by atoms with Crippen molar-refractivity contribution in [3.8, 4) is 5.75 Å². The second kappa shape index (κ2) is 8.76. The van der Waals surface area contributed by atoms with Crippen LogP contribution in [0.15, 0.2) is 36.8 Å². The third-order valence-corrected chi connectivity index (χ3v) is 6.08. The summed E-state index contributed by atoms with van der Waals surface area (Å²) in [7, 11) is 0. The van der Waals surface area contributed by atoms with Gasteiger partial charge in [0.1, 0.15) is 23.1 Å². The SMILES string of the molecule is CC1(O)CCN(C(=O)C(Cc2ccncc2Cl)NC(=O)c2cc3cc(O)cnc3[nH]2)CC1. The minimum atomic E-state index is -0.863. The van der Waals surface area contributed by atoms with E-state index in [0.717, 1.165) is 0 Å². The monoisotopic (exact) mass is 457 g/mol. The van der Waals surface area contributed by atoms with Crippen molar-refractivity contribution in [3.63, 3.8) is 0 Å². The number of amides is 2. The number of hydrogen-bond acceptors (Lipinski definition) is 6. The molecular weight excluding hydrogens is 434 g/mol. The maximum atomic E-state index is 13.3. The lowest BCUT2D eigenvalue weighted by molar-refractivity contribution is -0.137. The topological polar surface area (TPSA) is 131 Å². The molecule has 0 radical (unpaired) electrons. The third-order valence-electron chi connectivity index (χ3n) is 5.74. The molecule has 1 atom stereocenters. The predicted molar refractivity (Wildman–Crippen MR) is 118 cm³/mol. The molecule has 0 aliphatic carbocycles. The van der Waals surface area contributed by atoms with Gasteiger partial charge in [0.2, 0.25) is 5.91 Å². The van der Waals surface area contributed by atoms with Crippen LogP contribution in [0.3, 0.4) is 0 Å². The highest BCUT2D eigenvalue weighted by Gasteiger charge is 2.33. The maximum Gasteiger partial charge on any atom is 0.268 e. The number of aromatic hydroxyl groups is 1. The molecule has 4 N–H and O–H groups in total. The van der Waals surface area contributed by atoms with Crippen LogP contribution in [0.2, 0.25) is 5.02 Å². The fourth-order valence-electron chi connectivity index (χ4n) is 3.78. The number of H-pyrrole nitrogens is 1. The van der Waals surface area contributed by atoms with E-state index in [0.29, 0.717) is 47.6 Å². The van der Waals surface area contributed by atoms with Gasteiger partial charge in [0, 0.05) is 37.3 Å². The number of rotatable bonds is 5. The molecular formula is C22H24ClN5O4. The number of aromatic nitrogens is 3. The van der Waals surface area contributed by atoms with E-state index in [-0.39, 0.29) is 23.8 Å². The van der Waals surface area contributed by atoms with E-state index in [1.807, 2.05) is 0 Å². The number of nitrogens with one attached hydrogen (secondary N) is 2. The Morgan fingerprint density at radius 2 is 2.06 bits per heavy atom. The number of carbonyl (C=O) groups is 2. The Hall–Kier alpha value is -3.17. The molecule has 2 amide bonds. The quantitative estimate of drug-likeness (QED) is 0.463. The average molecular weight is 458 g/mol. The second-order valence-electron chi connectivity index (χ2n) is 8.33. The van der Waals surface area contributed by atoms with Crippen molar-refractivity contribution in [2.45, 2.75) is 37.8 Å². The van der Waals surface area contributed by atoms with E-state index in [1.54, 1.807) is 30.2 Å². The zero-order chi connectivity index (χ0) is 22.9. The van der Waals surface area contributed by atoms with E-state index < -0.39 is 17.6 Å². The van der Waals surface area contributed by atoms with Gasteiger partial charge in [0.15, 0.2) is 0 Å². The minimum absolute atomic E-state index is 0.00942. The van der Waals surface area contributed by atoms with Crippen molar-refractivity contribution in [1.82, 2.24) is 25.2 Å². The number of piperidine rings is 1. The summed E-state index contributed by atoms with van der Waals surface area (Å²) in [4.78, 5) is 38.9. The first-order chi connectivity index (χ1) is 15.2. The van der Waals surface area contributed by atoms with Crippen molar-refractivity contribution in [1.29, 1.82) is 0 Å². The van der Waals surface area contributed by atoms with Crippen LogP contribution in [0.25, 0.3) is 11.0 Å². The highest BCUT2D eigenvalue weighted by molar-refractivity contribution is 6.31. The summed E-state index contributed by atoms with van der Waals surface area (Å²) in [5.74, 6) is -0.728. The number of nitrogens with zero attached hydrogens (tertiary/aromatic N) is 3. The molecule has 3 aromatic heterocycles. The fourth-order valence-corrected chi connectivity index (χ4v) is 3.98. The maximum absolute atomic E-state index is 13.3. The number of likely N-dealkylation sites (tertiary alicyclic amines) is 1. The lowest BCUT2D eigenvalue weighted by Crippen LogP contribution is -2.53. The molecule has 1 unspecified atom stereocenters. The Bertz CT molecular complexity index is 1150. The van der Waals surface area contributed by atoms with Crippen LogP contribution in [-0.4, -0.2) is 66.6 Å². The van der Waals surface area contributed by atoms with Gasteiger partial charge in [-0.15, -0.1) is 0 Å². The molecule has 4 heterocycles. The molecule has 168 valence electrons. The van der Waals surface area contributed by atoms with Crippen molar-refractivity contribution in [3.05, 3.63) is 53.1 Å². The number of aromatic amines is 1. The number of aliphatic hydroxyl groups is 1. The van der Waals surface area contributed by atoms with Crippen molar-refractivity contribution < 1.29 is 19.8 Å². The van der Waals surface area contributed by atoms with E-state index in [4.69, 9.17) is 11.6 Å². The Balaban J connectivity index is 1.57. The lowest BCUT2D eigenvalue weighted by atomic mass is 9.93. The summed E-state index contributed by atoms with van der Waals surface area (Å²) in [5.41, 5.74) is 0.560. The van der Waals surface area contributed by atoms with Gasteiger partial charge in [-0.1, -0.05) is 11.6 Å². The number of hydrogen-bond donors (Lipinski definition) is 4. The zero-order valence-corrected chi connectivity index (χ0v) is 18.3. The molecule has 10 heteroatoms. The normalized spacial score (nSPS) is 16.7. The lowest BCUT2D eigenvalue weighted by Gasteiger charge is -2.37. The van der Waals surface area contributed by atoms with Gasteiger partial charge in [0.05, 0.1) is 16.8 Å². The molecule has 0 bridgehead atoms. The van der Waals surface area contributed by atoms with Gasteiger partial charge in [-0.2, -0.15) is 0 Å². The molecule has 4 rings (SSSR count). The van der Waals surface area contributed by atoms with E-state index in [2.05, 4.69) is 20.3 Å². The third kappa shape index (κ3) is 4.84. The Labute approximate surface area is 189 Å². The van der Waals surface area contributed by atoms with Crippen LogP contribution in [-0.2, 0) is 11.2 Å². The summed E-state index contributed by atoms with van der Waals surface area (Å²) >= 11 is 6.25. The van der Waals surface area contributed by atoms with Gasteiger partial charge in [-0.05, 0) is 43.5 Å². The van der Waals surface area contributed by atoms with Crippen molar-refractivity contribution >= 4 is 34.4 Å². The molecule has 0 spiro atoms. The fraction of sp³-hybridized carbons (Fsp3) is 0.364. The highest BCUT2D eigenvalue weighted by atomic mass is 35.5. The van der Waals surface area contributed by atoms with Crippen LogP contribution < -0.4 is 5.32 Å². The standard InChI is InChI=1S/C22H24ClN5O4/c1-22(32)3-6-28(7-4-22)21(31)18(9-13-2-5-24-12-16(13)23)27-20(30)17-10-14-8-15(29)11-25-19(14)26-17/h2,5,8,10-12,18,29,32H,3-4,6-7,9H2,1H3,(H,25,26)(H,27,30). The van der Waals surface area contributed by atoms with Crippen LogP contribution >= 0.6 is 11.6 Å². The number of halogens is 1. The summed E-state index contributed by atoms with van der Waals surface area (Å²) in [6.07, 6.45) is 5.48. The molecule has 3 aromatic rings. The Morgan fingerprint density at radius 3 is 2.78 bits per heavy atom. The van der Waals surface area contributed by atoms with Gasteiger partial charge in [0.25, 0.3) is 5.91 Å². The highest BCUT2D eigenvalue weighted by Crippen LogP contribution is 2.23. The smallest absolute Gasteiger partial charge is 0.268 e. The van der Waals surface area contributed by atoms with E-state index >= 15 is 0 Å². The van der Waals surface area contributed by atoms with Gasteiger partial charge in [-0.3, -0.25) is 14.6 Å². The first kappa shape index (κ1) is 22.0. The van der Waals surface area contributed by atoms with Gasteiger partial charge in [-0.25, -0.2) is 4.98 Å². The van der Waals surface area contributed by atoms with Crippen LogP contribution in [0.4, 0.5) is 0 Å². The van der Waals surface area contributed by atoms with Crippen molar-refractivity contribution in [2.24, 2.45) is 0 Å². The molecule has 32 heavy (non-hydrogen) atoms. The summed E-state index contributed by atoms with van der Waals surface area (Å²) in [6.45, 7) is 2.56. The second-order valence-corrected chi connectivity index (χ2v) is 8.74. The Kier molecular flexibility index (Phi) is 6.03. The van der Waals surface area contributed by atoms with E-state index in [1.165, 1.54) is 18.5 Å². The first-order valence-corrected chi connectivity index (χ1v) is 10.7. The molecule has 1 aliphatic heterocycles. The number of carbonyl (C=O) groups excluding carboxylic acids is 2. The largest absolute Gasteiger partial charge is 0.506 e. The number of fused-ring (bicyclic) bond motifs is 1. The van der Waals surface area contributed by atoms with Crippen LogP contribution in [0, 0.1) is 0 Å². The predicted octanol–water partition coefficient (Wildman–Crippen LogP) is 2.03.